The molecule has 1 aromatic heterocycles. The Labute approximate surface area is 156 Å². The van der Waals surface area contributed by atoms with Gasteiger partial charge in [-0.2, -0.15) is 10.1 Å². The van der Waals surface area contributed by atoms with Crippen molar-refractivity contribution >= 4 is 17.5 Å². The molecule has 0 saturated carbocycles. The molecule has 0 spiro atoms. The molecule has 0 bridgehead atoms. The first kappa shape index (κ1) is 18.4. The molecule has 0 radical (unpaired) electrons. The Kier molecular flexibility index (Phi) is 5.98. The van der Waals surface area contributed by atoms with Gasteiger partial charge in [-0.1, -0.05) is 12.1 Å². The fraction of sp³-hybridized carbons (Fsp3) is 0.211. The highest BCUT2D eigenvalue weighted by atomic mass is 19.1. The fourth-order valence-corrected chi connectivity index (χ4v) is 2.51. The lowest BCUT2D eigenvalue weighted by atomic mass is 10.1. The predicted octanol–water partition coefficient (Wildman–Crippen LogP) is 3.43. The molecule has 0 amide bonds. The summed E-state index contributed by atoms with van der Waals surface area (Å²) in [7, 11) is 3.22. The molecule has 8 heteroatoms. The normalized spacial score (nSPS) is 10.3. The zero-order chi connectivity index (χ0) is 19.1. The monoisotopic (exact) mass is 369 g/mol. The van der Waals surface area contributed by atoms with Gasteiger partial charge in [-0.15, -0.1) is 5.10 Å². The lowest BCUT2D eigenvalue weighted by Gasteiger charge is -2.10. The van der Waals surface area contributed by atoms with E-state index >= 15 is 0 Å². The molecular formula is C19H20FN5O2. The minimum atomic E-state index is -0.336. The number of nitrogens with zero attached hydrogens (tertiary/aromatic N) is 3. The summed E-state index contributed by atoms with van der Waals surface area (Å²) in [6.07, 6.45) is 2.29. The second-order valence-corrected chi connectivity index (χ2v) is 5.67. The molecule has 3 aromatic rings. The summed E-state index contributed by atoms with van der Waals surface area (Å²) >= 11 is 0. The van der Waals surface area contributed by atoms with Crippen LogP contribution in [0.1, 0.15) is 5.56 Å². The van der Waals surface area contributed by atoms with Gasteiger partial charge in [-0.05, 0) is 42.3 Å². The van der Waals surface area contributed by atoms with Gasteiger partial charge in [0.15, 0.2) is 17.3 Å². The quantitative estimate of drug-likeness (QED) is 0.629. The number of hydrogen-bond acceptors (Lipinski definition) is 7. The number of aromatic nitrogens is 3. The second-order valence-electron chi connectivity index (χ2n) is 5.67. The van der Waals surface area contributed by atoms with Crippen LogP contribution in [-0.4, -0.2) is 35.9 Å². The highest BCUT2D eigenvalue weighted by Crippen LogP contribution is 2.27. The van der Waals surface area contributed by atoms with E-state index in [4.69, 9.17) is 9.47 Å². The van der Waals surface area contributed by atoms with Gasteiger partial charge in [-0.25, -0.2) is 4.39 Å². The predicted molar refractivity (Wildman–Crippen MR) is 101 cm³/mol. The molecule has 0 atom stereocenters. The molecule has 2 N–H and O–H groups in total. The number of nitrogens with one attached hydrogen (secondary N) is 2. The van der Waals surface area contributed by atoms with Crippen molar-refractivity contribution < 1.29 is 13.9 Å². The van der Waals surface area contributed by atoms with Crippen LogP contribution >= 0.6 is 0 Å². The number of hydrogen-bond donors (Lipinski definition) is 2. The van der Waals surface area contributed by atoms with E-state index < -0.39 is 0 Å². The maximum Gasteiger partial charge on any atom is 0.249 e. The van der Waals surface area contributed by atoms with Crippen LogP contribution in [0.25, 0.3) is 0 Å². The van der Waals surface area contributed by atoms with Gasteiger partial charge in [0.1, 0.15) is 5.82 Å². The second kappa shape index (κ2) is 8.79. The molecule has 7 nitrogen and oxygen atoms in total. The maximum absolute atomic E-state index is 13.3. The van der Waals surface area contributed by atoms with Gasteiger partial charge in [0, 0.05) is 12.2 Å². The summed E-state index contributed by atoms with van der Waals surface area (Å²) in [6, 6.07) is 11.9. The van der Waals surface area contributed by atoms with E-state index in [1.54, 1.807) is 26.4 Å². The van der Waals surface area contributed by atoms with E-state index in [0.717, 1.165) is 12.0 Å². The third-order valence-electron chi connectivity index (χ3n) is 3.81. The summed E-state index contributed by atoms with van der Waals surface area (Å²) in [4.78, 5) is 4.33. The van der Waals surface area contributed by atoms with Crippen molar-refractivity contribution in [2.75, 3.05) is 31.4 Å². The van der Waals surface area contributed by atoms with Crippen molar-refractivity contribution in [2.24, 2.45) is 0 Å². The topological polar surface area (TPSA) is 81.2 Å². The van der Waals surface area contributed by atoms with Crippen LogP contribution < -0.4 is 20.1 Å². The molecule has 0 unspecified atom stereocenters. The lowest BCUT2D eigenvalue weighted by Crippen LogP contribution is -2.09. The Bertz CT molecular complexity index is 907. The van der Waals surface area contributed by atoms with Gasteiger partial charge in [0.2, 0.25) is 5.95 Å². The molecule has 140 valence electrons. The Balaban J connectivity index is 1.58. The zero-order valence-electron chi connectivity index (χ0n) is 15.1. The number of benzene rings is 2. The first-order valence-electron chi connectivity index (χ1n) is 8.35. The van der Waals surface area contributed by atoms with Crippen LogP contribution in [0.5, 0.6) is 11.5 Å². The number of halogens is 1. The van der Waals surface area contributed by atoms with E-state index in [2.05, 4.69) is 25.8 Å². The van der Waals surface area contributed by atoms with Gasteiger partial charge in [0.05, 0.1) is 20.4 Å². The highest BCUT2D eigenvalue weighted by Gasteiger charge is 2.05. The average Bonchev–Trinajstić information content (AvgIpc) is 2.68. The molecule has 0 aliphatic heterocycles. The Morgan fingerprint density at radius 3 is 2.67 bits per heavy atom. The van der Waals surface area contributed by atoms with Crippen LogP contribution in [0, 0.1) is 5.82 Å². The Morgan fingerprint density at radius 2 is 1.89 bits per heavy atom. The molecular weight excluding hydrogens is 349 g/mol. The van der Waals surface area contributed by atoms with Crippen LogP contribution in [-0.2, 0) is 6.42 Å². The molecule has 0 aliphatic carbocycles. The number of rotatable bonds is 8. The van der Waals surface area contributed by atoms with Crippen molar-refractivity contribution in [3.8, 4) is 11.5 Å². The van der Waals surface area contributed by atoms with E-state index in [-0.39, 0.29) is 11.8 Å². The van der Waals surface area contributed by atoms with Crippen LogP contribution in [0.3, 0.4) is 0 Å². The lowest BCUT2D eigenvalue weighted by molar-refractivity contribution is 0.354. The summed E-state index contributed by atoms with van der Waals surface area (Å²) in [5.41, 5.74) is 1.65. The third kappa shape index (κ3) is 5.04. The van der Waals surface area contributed by atoms with Crippen molar-refractivity contribution in [2.45, 2.75) is 6.42 Å². The van der Waals surface area contributed by atoms with E-state index in [1.807, 2.05) is 18.2 Å². The van der Waals surface area contributed by atoms with E-state index in [0.29, 0.717) is 29.5 Å². The van der Waals surface area contributed by atoms with Crippen LogP contribution in [0.2, 0.25) is 0 Å². The molecule has 3 rings (SSSR count). The van der Waals surface area contributed by atoms with Gasteiger partial charge >= 0.3 is 0 Å². The van der Waals surface area contributed by atoms with Crippen LogP contribution in [0.15, 0.2) is 48.7 Å². The van der Waals surface area contributed by atoms with Gasteiger partial charge in [-0.3, -0.25) is 0 Å². The maximum atomic E-state index is 13.3. The van der Waals surface area contributed by atoms with Gasteiger partial charge in [0.25, 0.3) is 0 Å². The minimum Gasteiger partial charge on any atom is -0.493 e. The minimum absolute atomic E-state index is 0.289. The smallest absolute Gasteiger partial charge is 0.249 e. The first-order valence-corrected chi connectivity index (χ1v) is 8.35. The molecule has 0 fully saturated rings. The third-order valence-corrected chi connectivity index (χ3v) is 3.81. The molecule has 0 saturated heterocycles. The Hall–Kier alpha value is -3.42. The Morgan fingerprint density at radius 1 is 1.04 bits per heavy atom. The number of ether oxygens (including phenoxy) is 2. The van der Waals surface area contributed by atoms with Crippen molar-refractivity contribution in [3.05, 3.63) is 60.0 Å². The number of anilines is 3. The molecule has 0 aliphatic rings. The van der Waals surface area contributed by atoms with E-state index in [9.17, 15) is 4.39 Å². The van der Waals surface area contributed by atoms with Crippen molar-refractivity contribution in [1.82, 2.24) is 15.2 Å². The fourth-order valence-electron chi connectivity index (χ4n) is 2.51. The zero-order valence-corrected chi connectivity index (χ0v) is 15.1. The van der Waals surface area contributed by atoms with E-state index in [1.165, 1.54) is 18.3 Å². The summed E-state index contributed by atoms with van der Waals surface area (Å²) in [5.74, 6) is 1.92. The molecule has 1 heterocycles. The van der Waals surface area contributed by atoms with Crippen molar-refractivity contribution in [1.29, 1.82) is 0 Å². The van der Waals surface area contributed by atoms with Crippen molar-refractivity contribution in [3.63, 3.8) is 0 Å². The SMILES string of the molecule is COc1ccc(CCNc2cnnc(Nc3cccc(F)c3)n2)cc1OC. The van der Waals surface area contributed by atoms with Crippen LogP contribution in [0.4, 0.5) is 21.8 Å². The first-order chi connectivity index (χ1) is 13.2. The number of methoxy groups -OCH3 is 2. The summed E-state index contributed by atoms with van der Waals surface area (Å²) < 4.78 is 23.8. The standard InChI is InChI=1S/C19H20FN5O2/c1-26-16-7-6-13(10-17(16)27-2)8-9-21-18-12-22-25-19(24-18)23-15-5-3-4-14(20)11-15/h3-7,10-12H,8-9H2,1-2H3,(H2,21,23,24,25). The summed E-state index contributed by atoms with van der Waals surface area (Å²) in [5, 5.41) is 13.9. The molecule has 27 heavy (non-hydrogen) atoms. The average molecular weight is 369 g/mol. The molecule has 2 aromatic carbocycles. The summed E-state index contributed by atoms with van der Waals surface area (Å²) in [6.45, 7) is 0.646. The highest BCUT2D eigenvalue weighted by molar-refractivity contribution is 5.54. The van der Waals surface area contributed by atoms with Gasteiger partial charge < -0.3 is 20.1 Å². The largest absolute Gasteiger partial charge is 0.493 e.